The Bertz CT molecular complexity index is 416. The number of nitrogens with two attached hydrogens (primary N) is 1. The second kappa shape index (κ2) is 5.82. The SMILES string of the molecule is CC(C)(C)OC(=O)N[C@H](CN)c1cccc(F)c1. The largest absolute Gasteiger partial charge is 0.444 e. The van der Waals surface area contributed by atoms with Crippen LogP contribution in [0.5, 0.6) is 0 Å². The summed E-state index contributed by atoms with van der Waals surface area (Å²) in [6, 6.07) is 5.50. The summed E-state index contributed by atoms with van der Waals surface area (Å²) in [5.41, 5.74) is 5.61. The van der Waals surface area contributed by atoms with Crippen LogP contribution in [0, 0.1) is 5.82 Å². The lowest BCUT2D eigenvalue weighted by Gasteiger charge is -2.23. The number of rotatable bonds is 3. The van der Waals surface area contributed by atoms with E-state index in [1.54, 1.807) is 32.9 Å². The molecule has 100 valence electrons. The van der Waals surface area contributed by atoms with E-state index in [-0.39, 0.29) is 12.4 Å². The van der Waals surface area contributed by atoms with E-state index in [0.717, 1.165) is 0 Å². The van der Waals surface area contributed by atoms with E-state index >= 15 is 0 Å². The molecular formula is C13H19FN2O2. The lowest BCUT2D eigenvalue weighted by atomic mass is 10.1. The smallest absolute Gasteiger partial charge is 0.408 e. The van der Waals surface area contributed by atoms with Gasteiger partial charge in [0.15, 0.2) is 0 Å². The molecule has 0 radical (unpaired) electrons. The van der Waals surface area contributed by atoms with Crippen LogP contribution in [-0.2, 0) is 4.74 Å². The fourth-order valence-corrected chi connectivity index (χ4v) is 1.45. The van der Waals surface area contributed by atoms with Gasteiger partial charge < -0.3 is 15.8 Å². The molecule has 18 heavy (non-hydrogen) atoms. The highest BCUT2D eigenvalue weighted by molar-refractivity contribution is 5.68. The first-order chi connectivity index (χ1) is 8.31. The van der Waals surface area contributed by atoms with Crippen molar-refractivity contribution < 1.29 is 13.9 Å². The summed E-state index contributed by atoms with van der Waals surface area (Å²) < 4.78 is 18.2. The maximum Gasteiger partial charge on any atom is 0.408 e. The summed E-state index contributed by atoms with van der Waals surface area (Å²) in [6.07, 6.45) is -0.567. The van der Waals surface area contributed by atoms with Crippen molar-refractivity contribution in [2.75, 3.05) is 6.54 Å². The highest BCUT2D eigenvalue weighted by Gasteiger charge is 2.19. The van der Waals surface area contributed by atoms with Gasteiger partial charge in [-0.1, -0.05) is 12.1 Å². The first-order valence-electron chi connectivity index (χ1n) is 5.77. The summed E-state index contributed by atoms with van der Waals surface area (Å²) in [5, 5.41) is 2.61. The normalized spacial score (nSPS) is 12.9. The maximum absolute atomic E-state index is 13.1. The number of amides is 1. The Labute approximate surface area is 106 Å². The Balaban J connectivity index is 2.71. The minimum Gasteiger partial charge on any atom is -0.444 e. The van der Waals surface area contributed by atoms with Gasteiger partial charge in [-0.05, 0) is 38.5 Å². The monoisotopic (exact) mass is 254 g/mol. The van der Waals surface area contributed by atoms with Crippen molar-refractivity contribution in [1.82, 2.24) is 5.32 Å². The van der Waals surface area contributed by atoms with Crippen LogP contribution < -0.4 is 11.1 Å². The van der Waals surface area contributed by atoms with Gasteiger partial charge in [0.05, 0.1) is 6.04 Å². The molecule has 0 fully saturated rings. The number of carbonyl (C=O) groups excluding carboxylic acids is 1. The van der Waals surface area contributed by atoms with Crippen molar-refractivity contribution >= 4 is 6.09 Å². The van der Waals surface area contributed by atoms with Crippen LogP contribution in [0.15, 0.2) is 24.3 Å². The fraction of sp³-hybridized carbons (Fsp3) is 0.462. The Morgan fingerprint density at radius 1 is 1.50 bits per heavy atom. The predicted molar refractivity (Wildman–Crippen MR) is 67.6 cm³/mol. The molecule has 1 aromatic rings. The molecule has 1 amide bonds. The zero-order valence-corrected chi connectivity index (χ0v) is 10.9. The van der Waals surface area contributed by atoms with E-state index in [0.29, 0.717) is 5.56 Å². The first-order valence-corrected chi connectivity index (χ1v) is 5.77. The van der Waals surface area contributed by atoms with Crippen molar-refractivity contribution in [3.05, 3.63) is 35.6 Å². The van der Waals surface area contributed by atoms with Crippen LogP contribution >= 0.6 is 0 Å². The van der Waals surface area contributed by atoms with Crippen LogP contribution in [0.4, 0.5) is 9.18 Å². The van der Waals surface area contributed by atoms with Crippen molar-refractivity contribution in [2.45, 2.75) is 32.4 Å². The molecule has 0 aromatic heterocycles. The van der Waals surface area contributed by atoms with E-state index in [2.05, 4.69) is 5.32 Å². The van der Waals surface area contributed by atoms with Crippen molar-refractivity contribution in [1.29, 1.82) is 0 Å². The van der Waals surface area contributed by atoms with Crippen molar-refractivity contribution in [3.8, 4) is 0 Å². The Kier molecular flexibility index (Phi) is 4.67. The number of carbonyl (C=O) groups is 1. The third-order valence-electron chi connectivity index (χ3n) is 2.18. The van der Waals surface area contributed by atoms with Crippen LogP contribution in [0.2, 0.25) is 0 Å². The minimum absolute atomic E-state index is 0.169. The molecule has 0 unspecified atom stereocenters. The molecule has 1 rings (SSSR count). The zero-order chi connectivity index (χ0) is 13.8. The van der Waals surface area contributed by atoms with Crippen LogP contribution in [0.1, 0.15) is 32.4 Å². The third kappa shape index (κ3) is 4.71. The van der Waals surface area contributed by atoms with E-state index in [9.17, 15) is 9.18 Å². The van der Waals surface area contributed by atoms with Gasteiger partial charge in [-0.2, -0.15) is 0 Å². The average Bonchev–Trinajstić information content (AvgIpc) is 2.23. The fourth-order valence-electron chi connectivity index (χ4n) is 1.45. The molecule has 3 N–H and O–H groups in total. The molecule has 0 heterocycles. The standard InChI is InChI=1S/C13H19FN2O2/c1-13(2,3)18-12(17)16-11(8-15)9-5-4-6-10(14)7-9/h4-7,11H,8,15H2,1-3H3,(H,16,17)/t11-/m1/s1. The second-order valence-corrected chi connectivity index (χ2v) is 4.99. The van der Waals surface area contributed by atoms with E-state index in [4.69, 9.17) is 10.5 Å². The number of nitrogens with one attached hydrogen (secondary N) is 1. The molecule has 1 aromatic carbocycles. The number of halogens is 1. The Morgan fingerprint density at radius 2 is 2.17 bits per heavy atom. The molecular weight excluding hydrogens is 235 g/mol. The van der Waals surface area contributed by atoms with E-state index in [1.807, 2.05) is 0 Å². The molecule has 0 saturated heterocycles. The highest BCUT2D eigenvalue weighted by Crippen LogP contribution is 2.14. The molecule has 0 bridgehead atoms. The molecule has 0 aliphatic carbocycles. The third-order valence-corrected chi connectivity index (χ3v) is 2.18. The predicted octanol–water partition coefficient (Wildman–Crippen LogP) is 2.35. The minimum atomic E-state index is -0.578. The lowest BCUT2D eigenvalue weighted by Crippen LogP contribution is -2.37. The van der Waals surface area contributed by atoms with Crippen molar-refractivity contribution in [3.63, 3.8) is 0 Å². The summed E-state index contributed by atoms with van der Waals surface area (Å²) in [6.45, 7) is 5.48. The highest BCUT2D eigenvalue weighted by atomic mass is 19.1. The Hall–Kier alpha value is -1.62. The molecule has 0 spiro atoms. The number of hydrogen-bond donors (Lipinski definition) is 2. The summed E-state index contributed by atoms with van der Waals surface area (Å²) >= 11 is 0. The van der Waals surface area contributed by atoms with Gasteiger partial charge in [0.25, 0.3) is 0 Å². The van der Waals surface area contributed by atoms with Gasteiger partial charge in [-0.3, -0.25) is 0 Å². The van der Waals surface area contributed by atoms with Crippen LogP contribution in [0.3, 0.4) is 0 Å². The topological polar surface area (TPSA) is 64.3 Å². The molecule has 1 atom stereocenters. The molecule has 5 heteroatoms. The summed E-state index contributed by atoms with van der Waals surface area (Å²) in [7, 11) is 0. The Morgan fingerprint density at radius 3 is 2.67 bits per heavy atom. The van der Waals surface area contributed by atoms with E-state index < -0.39 is 17.7 Å². The number of hydrogen-bond acceptors (Lipinski definition) is 3. The van der Waals surface area contributed by atoms with Crippen molar-refractivity contribution in [2.24, 2.45) is 5.73 Å². The number of benzene rings is 1. The van der Waals surface area contributed by atoms with Gasteiger partial charge in [0.1, 0.15) is 11.4 Å². The van der Waals surface area contributed by atoms with Gasteiger partial charge in [0, 0.05) is 6.54 Å². The van der Waals surface area contributed by atoms with Gasteiger partial charge >= 0.3 is 6.09 Å². The van der Waals surface area contributed by atoms with Gasteiger partial charge in [0.2, 0.25) is 0 Å². The summed E-state index contributed by atoms with van der Waals surface area (Å²) in [4.78, 5) is 11.6. The molecule has 0 aliphatic rings. The van der Waals surface area contributed by atoms with Crippen LogP contribution in [0.25, 0.3) is 0 Å². The molecule has 0 aliphatic heterocycles. The first kappa shape index (κ1) is 14.4. The summed E-state index contributed by atoms with van der Waals surface area (Å²) in [5.74, 6) is -0.364. The van der Waals surface area contributed by atoms with Gasteiger partial charge in [-0.15, -0.1) is 0 Å². The quantitative estimate of drug-likeness (QED) is 0.870. The van der Waals surface area contributed by atoms with Crippen LogP contribution in [-0.4, -0.2) is 18.2 Å². The average molecular weight is 254 g/mol. The van der Waals surface area contributed by atoms with E-state index in [1.165, 1.54) is 12.1 Å². The number of alkyl carbamates (subject to hydrolysis) is 1. The lowest BCUT2D eigenvalue weighted by molar-refractivity contribution is 0.0505. The second-order valence-electron chi connectivity index (χ2n) is 4.99. The zero-order valence-electron chi connectivity index (χ0n) is 10.9. The number of ether oxygens (including phenoxy) is 1. The molecule has 0 saturated carbocycles. The molecule has 4 nitrogen and oxygen atoms in total. The van der Waals surface area contributed by atoms with Gasteiger partial charge in [-0.25, -0.2) is 9.18 Å². The maximum atomic E-state index is 13.1.